The number of allylic oxidation sites excluding steroid dienone is 1. The van der Waals surface area contributed by atoms with Gasteiger partial charge in [0.1, 0.15) is 5.75 Å². The molecule has 1 aromatic rings. The zero-order chi connectivity index (χ0) is 8.23. The molecule has 1 aliphatic heterocycles. The molecule has 0 fully saturated rings. The van der Waals surface area contributed by atoms with Crippen molar-refractivity contribution in [2.75, 3.05) is 0 Å². The Morgan fingerprint density at radius 1 is 1.08 bits per heavy atom. The second kappa shape index (κ2) is 3.22. The number of aliphatic imine (C=N–C) groups is 1. The van der Waals surface area contributed by atoms with Crippen molar-refractivity contribution < 1.29 is 4.74 Å². The van der Waals surface area contributed by atoms with Gasteiger partial charge < -0.3 is 4.74 Å². The molecule has 12 heavy (non-hydrogen) atoms. The Kier molecular flexibility index (Phi) is 1.90. The van der Waals surface area contributed by atoms with Crippen LogP contribution >= 0.6 is 0 Å². The highest BCUT2D eigenvalue weighted by atomic mass is 16.5. The van der Waals surface area contributed by atoms with E-state index in [1.54, 1.807) is 6.21 Å². The third kappa shape index (κ3) is 1.53. The number of para-hydroxylation sites is 1. The van der Waals surface area contributed by atoms with Gasteiger partial charge in [0, 0.05) is 6.21 Å². The Labute approximate surface area is 71.2 Å². The van der Waals surface area contributed by atoms with Crippen molar-refractivity contribution in [3.05, 3.63) is 48.7 Å². The van der Waals surface area contributed by atoms with Crippen molar-refractivity contribution in [2.45, 2.75) is 0 Å². The van der Waals surface area contributed by atoms with Gasteiger partial charge in [-0.2, -0.15) is 0 Å². The maximum absolute atomic E-state index is 5.41. The molecule has 1 aliphatic rings. The fraction of sp³-hybridized carbons (Fsp3) is 0. The smallest absolute Gasteiger partial charge is 0.284 e. The Hall–Kier alpha value is -1.57. The minimum Gasteiger partial charge on any atom is -0.456 e. The van der Waals surface area contributed by atoms with E-state index in [4.69, 9.17) is 4.74 Å². The molecule has 0 spiro atoms. The number of benzene rings is 1. The summed E-state index contributed by atoms with van der Waals surface area (Å²) in [7, 11) is 0. The van der Waals surface area contributed by atoms with Gasteiger partial charge in [-0.05, 0) is 24.3 Å². The van der Waals surface area contributed by atoms with Gasteiger partial charge in [-0.1, -0.05) is 18.2 Å². The van der Waals surface area contributed by atoms with Gasteiger partial charge in [-0.15, -0.1) is 0 Å². The summed E-state index contributed by atoms with van der Waals surface area (Å²) in [4.78, 5) is 3.99. The summed E-state index contributed by atoms with van der Waals surface area (Å²) in [5.41, 5.74) is 0. The molecule has 0 aliphatic carbocycles. The van der Waals surface area contributed by atoms with E-state index in [9.17, 15) is 0 Å². The van der Waals surface area contributed by atoms with Gasteiger partial charge in [0.05, 0.1) is 0 Å². The first kappa shape index (κ1) is 7.10. The fourth-order valence-electron chi connectivity index (χ4n) is 0.955. The van der Waals surface area contributed by atoms with E-state index in [1.807, 2.05) is 42.5 Å². The SMILES string of the molecule is C1=C[C](Oc2ccccc2)N=C1. The fourth-order valence-corrected chi connectivity index (χ4v) is 0.955. The molecule has 1 aromatic carbocycles. The minimum atomic E-state index is 0.640. The molecule has 0 saturated heterocycles. The summed E-state index contributed by atoms with van der Waals surface area (Å²) in [5.74, 6) is 0.816. The van der Waals surface area contributed by atoms with E-state index in [-0.39, 0.29) is 0 Å². The zero-order valence-electron chi connectivity index (χ0n) is 6.47. The van der Waals surface area contributed by atoms with Crippen LogP contribution in [-0.4, -0.2) is 6.21 Å². The molecule has 0 unspecified atom stereocenters. The van der Waals surface area contributed by atoms with E-state index < -0.39 is 0 Å². The van der Waals surface area contributed by atoms with Crippen molar-refractivity contribution in [1.82, 2.24) is 0 Å². The van der Waals surface area contributed by atoms with Crippen LogP contribution in [0.15, 0.2) is 47.5 Å². The molecule has 0 saturated carbocycles. The van der Waals surface area contributed by atoms with E-state index in [2.05, 4.69) is 4.99 Å². The van der Waals surface area contributed by atoms with Crippen LogP contribution in [0.4, 0.5) is 0 Å². The largest absolute Gasteiger partial charge is 0.456 e. The lowest BCUT2D eigenvalue weighted by Crippen LogP contribution is -1.97. The lowest BCUT2D eigenvalue weighted by atomic mass is 10.3. The highest BCUT2D eigenvalue weighted by molar-refractivity contribution is 5.75. The molecule has 59 valence electrons. The summed E-state index contributed by atoms with van der Waals surface area (Å²) >= 11 is 0. The summed E-state index contributed by atoms with van der Waals surface area (Å²) < 4.78 is 5.41. The maximum Gasteiger partial charge on any atom is 0.284 e. The second-order valence-corrected chi connectivity index (χ2v) is 2.39. The predicted molar refractivity (Wildman–Crippen MR) is 47.9 cm³/mol. The van der Waals surface area contributed by atoms with Crippen LogP contribution < -0.4 is 4.74 Å². The Balaban J connectivity index is 2.04. The molecule has 0 atom stereocenters. The molecule has 2 nitrogen and oxygen atoms in total. The highest BCUT2D eigenvalue weighted by Crippen LogP contribution is 2.17. The lowest BCUT2D eigenvalue weighted by Gasteiger charge is -2.05. The number of hydrogen-bond acceptors (Lipinski definition) is 2. The average Bonchev–Trinajstić information content (AvgIpc) is 2.59. The zero-order valence-corrected chi connectivity index (χ0v) is 6.47. The van der Waals surface area contributed by atoms with E-state index in [0.717, 1.165) is 5.75 Å². The highest BCUT2D eigenvalue weighted by Gasteiger charge is 2.07. The molecular weight excluding hydrogens is 150 g/mol. The molecule has 2 rings (SSSR count). The van der Waals surface area contributed by atoms with Crippen LogP contribution in [0, 0.1) is 6.23 Å². The summed E-state index contributed by atoms with van der Waals surface area (Å²) in [5, 5.41) is 0. The average molecular weight is 158 g/mol. The second-order valence-electron chi connectivity index (χ2n) is 2.39. The quantitative estimate of drug-likeness (QED) is 0.646. The van der Waals surface area contributed by atoms with Gasteiger partial charge in [0.25, 0.3) is 6.23 Å². The van der Waals surface area contributed by atoms with Crippen LogP contribution in [0.5, 0.6) is 5.75 Å². The normalized spacial score (nSPS) is 15.3. The van der Waals surface area contributed by atoms with Crippen LogP contribution in [0.3, 0.4) is 0 Å². The van der Waals surface area contributed by atoms with Gasteiger partial charge in [0.2, 0.25) is 0 Å². The third-order valence-electron chi connectivity index (χ3n) is 1.49. The van der Waals surface area contributed by atoms with Crippen LogP contribution in [0.2, 0.25) is 0 Å². The molecule has 0 amide bonds. The Bertz CT molecular complexity index is 291. The number of rotatable bonds is 2. The molecule has 0 N–H and O–H groups in total. The topological polar surface area (TPSA) is 21.6 Å². The van der Waals surface area contributed by atoms with Crippen LogP contribution in [0.25, 0.3) is 0 Å². The van der Waals surface area contributed by atoms with Gasteiger partial charge in [-0.25, -0.2) is 4.99 Å². The van der Waals surface area contributed by atoms with Gasteiger partial charge >= 0.3 is 0 Å². The maximum atomic E-state index is 5.41. The minimum absolute atomic E-state index is 0.640. The first-order valence-corrected chi connectivity index (χ1v) is 3.76. The van der Waals surface area contributed by atoms with Crippen molar-refractivity contribution in [2.24, 2.45) is 4.99 Å². The third-order valence-corrected chi connectivity index (χ3v) is 1.49. The molecule has 0 bridgehead atoms. The van der Waals surface area contributed by atoms with E-state index in [1.165, 1.54) is 0 Å². The molecule has 0 aromatic heterocycles. The lowest BCUT2D eigenvalue weighted by molar-refractivity contribution is 0.361. The van der Waals surface area contributed by atoms with Crippen molar-refractivity contribution in [3.8, 4) is 5.75 Å². The van der Waals surface area contributed by atoms with E-state index in [0.29, 0.717) is 6.23 Å². The number of hydrogen-bond donors (Lipinski definition) is 0. The van der Waals surface area contributed by atoms with Gasteiger partial charge in [-0.3, -0.25) is 0 Å². The summed E-state index contributed by atoms with van der Waals surface area (Å²) in [6, 6.07) is 9.60. The molecule has 1 heterocycles. The Morgan fingerprint density at radius 3 is 2.58 bits per heavy atom. The summed E-state index contributed by atoms with van der Waals surface area (Å²) in [6.45, 7) is 0. The number of ether oxygens (including phenoxy) is 1. The number of nitrogens with zero attached hydrogens (tertiary/aromatic N) is 1. The summed E-state index contributed by atoms with van der Waals surface area (Å²) in [6.07, 6.45) is 6.02. The first-order chi connectivity index (χ1) is 5.95. The van der Waals surface area contributed by atoms with Crippen LogP contribution in [-0.2, 0) is 0 Å². The predicted octanol–water partition coefficient (Wildman–Crippen LogP) is 2.20. The van der Waals surface area contributed by atoms with Crippen LogP contribution in [0.1, 0.15) is 0 Å². The van der Waals surface area contributed by atoms with Crippen molar-refractivity contribution in [3.63, 3.8) is 0 Å². The monoisotopic (exact) mass is 158 g/mol. The Morgan fingerprint density at radius 2 is 1.92 bits per heavy atom. The molecule has 1 radical (unpaired) electrons. The van der Waals surface area contributed by atoms with Crippen molar-refractivity contribution in [1.29, 1.82) is 0 Å². The molecule has 2 heteroatoms. The first-order valence-electron chi connectivity index (χ1n) is 3.76. The van der Waals surface area contributed by atoms with Crippen molar-refractivity contribution >= 4 is 6.21 Å². The standard InChI is InChI=1S/C10H8NO/c1-2-5-9(6-3-1)12-10-7-4-8-11-10/h1-8H. The van der Waals surface area contributed by atoms with E-state index >= 15 is 0 Å². The van der Waals surface area contributed by atoms with Gasteiger partial charge in [0.15, 0.2) is 0 Å². The molecular formula is C10H8NO.